The van der Waals surface area contributed by atoms with Crippen LogP contribution >= 0.6 is 0 Å². The zero-order valence-corrected chi connectivity index (χ0v) is 14.1. The van der Waals surface area contributed by atoms with Gasteiger partial charge in [0.05, 0.1) is 11.8 Å². The normalized spacial score (nSPS) is 14.2. The van der Waals surface area contributed by atoms with Crippen molar-refractivity contribution in [2.45, 2.75) is 51.9 Å². The summed E-state index contributed by atoms with van der Waals surface area (Å²) in [4.78, 5) is 28.5. The van der Waals surface area contributed by atoms with E-state index in [1.54, 1.807) is 11.0 Å². The molecule has 1 fully saturated rings. The van der Waals surface area contributed by atoms with Gasteiger partial charge in [0.15, 0.2) is 0 Å². The molecule has 2 heterocycles. The van der Waals surface area contributed by atoms with Crippen LogP contribution in [0.2, 0.25) is 0 Å². The lowest BCUT2D eigenvalue weighted by molar-refractivity contribution is -0.130. The maximum absolute atomic E-state index is 12.5. The van der Waals surface area contributed by atoms with Gasteiger partial charge in [-0.3, -0.25) is 9.59 Å². The summed E-state index contributed by atoms with van der Waals surface area (Å²) in [5, 5.41) is 0. The highest BCUT2D eigenvalue weighted by Gasteiger charge is 2.21. The van der Waals surface area contributed by atoms with Crippen LogP contribution in [-0.2, 0) is 4.79 Å². The number of likely N-dealkylation sites (tertiary alicyclic amines) is 1. The third-order valence-corrected chi connectivity index (χ3v) is 4.39. The van der Waals surface area contributed by atoms with E-state index in [2.05, 4.69) is 6.92 Å². The molecule has 2 amide bonds. The van der Waals surface area contributed by atoms with Gasteiger partial charge in [-0.2, -0.15) is 0 Å². The van der Waals surface area contributed by atoms with E-state index in [0.29, 0.717) is 25.1 Å². The second kappa shape index (κ2) is 9.38. The number of nitrogens with zero attached hydrogens (tertiary/aromatic N) is 2. The van der Waals surface area contributed by atoms with Crippen LogP contribution in [0.15, 0.2) is 23.0 Å². The number of hydrogen-bond acceptors (Lipinski definition) is 3. The van der Waals surface area contributed by atoms with Gasteiger partial charge in [0.2, 0.25) is 5.91 Å². The Bertz CT molecular complexity index is 478. The topological polar surface area (TPSA) is 53.8 Å². The van der Waals surface area contributed by atoms with Crippen molar-refractivity contribution in [3.63, 3.8) is 0 Å². The number of furan rings is 1. The third-order valence-electron chi connectivity index (χ3n) is 4.39. The van der Waals surface area contributed by atoms with Gasteiger partial charge in [0.1, 0.15) is 6.26 Å². The summed E-state index contributed by atoms with van der Waals surface area (Å²) in [6.45, 7) is 5.10. The molecule has 5 heteroatoms. The highest BCUT2D eigenvalue weighted by Crippen LogP contribution is 2.12. The van der Waals surface area contributed by atoms with Crippen LogP contribution in [-0.4, -0.2) is 47.8 Å². The molecule has 1 aliphatic rings. The molecule has 23 heavy (non-hydrogen) atoms. The van der Waals surface area contributed by atoms with E-state index in [-0.39, 0.29) is 11.8 Å². The van der Waals surface area contributed by atoms with Crippen molar-refractivity contribution in [2.24, 2.45) is 0 Å². The van der Waals surface area contributed by atoms with Crippen LogP contribution in [0.25, 0.3) is 0 Å². The molecule has 0 bridgehead atoms. The zero-order chi connectivity index (χ0) is 16.5. The van der Waals surface area contributed by atoms with Crippen molar-refractivity contribution in [3.8, 4) is 0 Å². The van der Waals surface area contributed by atoms with Crippen molar-refractivity contribution >= 4 is 11.8 Å². The molecule has 0 aliphatic carbocycles. The van der Waals surface area contributed by atoms with Gasteiger partial charge in [-0.05, 0) is 25.3 Å². The fourth-order valence-electron chi connectivity index (χ4n) is 2.97. The monoisotopic (exact) mass is 320 g/mol. The van der Waals surface area contributed by atoms with E-state index in [0.717, 1.165) is 38.8 Å². The highest BCUT2D eigenvalue weighted by atomic mass is 16.3. The Morgan fingerprint density at radius 3 is 2.61 bits per heavy atom. The number of amides is 2. The van der Waals surface area contributed by atoms with Crippen LogP contribution < -0.4 is 0 Å². The molecule has 1 aliphatic heterocycles. The SMILES string of the molecule is CCCCCCN(CCC(=O)N1CCCC1)C(=O)c1ccoc1. The van der Waals surface area contributed by atoms with Gasteiger partial charge in [-0.25, -0.2) is 0 Å². The molecule has 1 aromatic heterocycles. The minimum atomic E-state index is -0.0375. The fraction of sp³-hybridized carbons (Fsp3) is 0.667. The summed E-state index contributed by atoms with van der Waals surface area (Å²) in [7, 11) is 0. The molecule has 0 atom stereocenters. The van der Waals surface area contributed by atoms with Gasteiger partial charge in [0.25, 0.3) is 5.91 Å². The van der Waals surface area contributed by atoms with E-state index in [1.165, 1.54) is 25.4 Å². The van der Waals surface area contributed by atoms with Crippen molar-refractivity contribution in [3.05, 3.63) is 24.2 Å². The standard InChI is InChI=1S/C18H28N2O3/c1-2-3-4-5-12-20(18(22)16-9-14-23-15-16)13-8-17(21)19-10-6-7-11-19/h9,14-15H,2-8,10-13H2,1H3. The summed E-state index contributed by atoms with van der Waals surface area (Å²) in [6, 6.07) is 1.68. The molecule has 2 rings (SSSR count). The Kier molecular flexibility index (Phi) is 7.17. The van der Waals surface area contributed by atoms with E-state index in [9.17, 15) is 9.59 Å². The van der Waals surface area contributed by atoms with Gasteiger partial charge in [0, 0.05) is 32.6 Å². The minimum absolute atomic E-state index is 0.0375. The lowest BCUT2D eigenvalue weighted by atomic mass is 10.2. The second-order valence-corrected chi connectivity index (χ2v) is 6.20. The Morgan fingerprint density at radius 2 is 1.96 bits per heavy atom. The Morgan fingerprint density at radius 1 is 1.17 bits per heavy atom. The average molecular weight is 320 g/mol. The molecule has 0 N–H and O–H groups in total. The number of rotatable bonds is 9. The molecule has 0 radical (unpaired) electrons. The summed E-state index contributed by atoms with van der Waals surface area (Å²) >= 11 is 0. The van der Waals surface area contributed by atoms with Gasteiger partial charge < -0.3 is 14.2 Å². The number of hydrogen-bond donors (Lipinski definition) is 0. The van der Waals surface area contributed by atoms with Gasteiger partial charge in [-0.15, -0.1) is 0 Å². The number of unbranched alkanes of at least 4 members (excludes halogenated alkanes) is 3. The smallest absolute Gasteiger partial charge is 0.257 e. The first-order valence-electron chi connectivity index (χ1n) is 8.81. The van der Waals surface area contributed by atoms with Crippen molar-refractivity contribution in [1.29, 1.82) is 0 Å². The summed E-state index contributed by atoms with van der Waals surface area (Å²) in [5.74, 6) is 0.130. The Labute approximate surface area is 138 Å². The predicted molar refractivity (Wildman–Crippen MR) is 89.2 cm³/mol. The van der Waals surface area contributed by atoms with Crippen molar-refractivity contribution in [2.75, 3.05) is 26.2 Å². The lowest BCUT2D eigenvalue weighted by Gasteiger charge is -2.23. The maximum atomic E-state index is 12.5. The summed E-state index contributed by atoms with van der Waals surface area (Å²) in [6.07, 6.45) is 10.0. The van der Waals surface area contributed by atoms with Crippen molar-refractivity contribution in [1.82, 2.24) is 9.80 Å². The highest BCUT2D eigenvalue weighted by molar-refractivity contribution is 5.94. The molecule has 1 saturated heterocycles. The molecule has 0 spiro atoms. The lowest BCUT2D eigenvalue weighted by Crippen LogP contribution is -2.36. The molecular formula is C18H28N2O3. The van der Waals surface area contributed by atoms with Crippen molar-refractivity contribution < 1.29 is 14.0 Å². The minimum Gasteiger partial charge on any atom is -0.472 e. The molecule has 1 aromatic rings. The van der Waals surface area contributed by atoms with Gasteiger partial charge >= 0.3 is 0 Å². The first-order chi connectivity index (χ1) is 11.2. The Balaban J connectivity index is 1.86. The molecule has 0 aromatic carbocycles. The Hall–Kier alpha value is -1.78. The fourth-order valence-corrected chi connectivity index (χ4v) is 2.97. The molecule has 128 valence electrons. The quantitative estimate of drug-likeness (QED) is 0.656. The molecule has 5 nitrogen and oxygen atoms in total. The number of carbonyl (C=O) groups excluding carboxylic acids is 2. The summed E-state index contributed by atoms with van der Waals surface area (Å²) in [5.41, 5.74) is 0.564. The average Bonchev–Trinajstić information content (AvgIpc) is 3.26. The number of carbonyl (C=O) groups is 2. The van der Waals surface area contributed by atoms with E-state index < -0.39 is 0 Å². The molecular weight excluding hydrogens is 292 g/mol. The van der Waals surface area contributed by atoms with E-state index >= 15 is 0 Å². The van der Waals surface area contributed by atoms with E-state index in [4.69, 9.17) is 4.42 Å². The van der Waals surface area contributed by atoms with Gasteiger partial charge in [-0.1, -0.05) is 26.2 Å². The van der Waals surface area contributed by atoms with Crippen LogP contribution in [0.5, 0.6) is 0 Å². The first kappa shape index (κ1) is 17.6. The van der Waals surface area contributed by atoms with Crippen LogP contribution in [0, 0.1) is 0 Å². The van der Waals surface area contributed by atoms with Crippen LogP contribution in [0.1, 0.15) is 62.2 Å². The predicted octanol–water partition coefficient (Wildman–Crippen LogP) is 3.31. The van der Waals surface area contributed by atoms with Crippen LogP contribution in [0.4, 0.5) is 0 Å². The maximum Gasteiger partial charge on any atom is 0.257 e. The zero-order valence-electron chi connectivity index (χ0n) is 14.1. The molecule has 0 saturated carbocycles. The second-order valence-electron chi connectivity index (χ2n) is 6.20. The van der Waals surface area contributed by atoms with E-state index in [1.807, 2.05) is 4.90 Å². The molecule has 0 unspecified atom stereocenters. The third kappa shape index (κ3) is 5.41. The summed E-state index contributed by atoms with van der Waals surface area (Å²) < 4.78 is 5.01. The first-order valence-corrected chi connectivity index (χ1v) is 8.81. The van der Waals surface area contributed by atoms with Crippen LogP contribution in [0.3, 0.4) is 0 Å². The largest absolute Gasteiger partial charge is 0.472 e.